The number of hydrogen-bond donors (Lipinski definition) is 1. The molecule has 0 saturated carbocycles. The number of nitrogens with two attached hydrogens (primary N) is 1. The zero-order valence-corrected chi connectivity index (χ0v) is 10.8. The molecule has 1 heterocycles. The second-order valence-electron chi connectivity index (χ2n) is 4.14. The van der Waals surface area contributed by atoms with Crippen LogP contribution in [-0.2, 0) is 0 Å². The standard InChI is InChI=1S/C13H16N2OS/c1-9(8-17-2)15-12(14)7-10-5-3-4-6-11(10)13(15)16/h3-7,9H,8,14H2,1-2H3. The van der Waals surface area contributed by atoms with E-state index in [0.717, 1.165) is 16.5 Å². The van der Waals surface area contributed by atoms with Crippen LogP contribution < -0.4 is 11.3 Å². The fourth-order valence-corrected chi connectivity index (χ4v) is 2.70. The third-order valence-electron chi connectivity index (χ3n) is 2.84. The molecule has 0 amide bonds. The van der Waals surface area contributed by atoms with Crippen LogP contribution in [-0.4, -0.2) is 16.6 Å². The predicted octanol–water partition coefficient (Wildman–Crippen LogP) is 2.51. The van der Waals surface area contributed by atoms with Gasteiger partial charge in [0.1, 0.15) is 5.82 Å². The van der Waals surface area contributed by atoms with Gasteiger partial charge in [-0.15, -0.1) is 0 Å². The van der Waals surface area contributed by atoms with Gasteiger partial charge in [0.25, 0.3) is 5.56 Å². The van der Waals surface area contributed by atoms with Gasteiger partial charge < -0.3 is 5.73 Å². The van der Waals surface area contributed by atoms with Crippen molar-refractivity contribution in [1.82, 2.24) is 4.57 Å². The van der Waals surface area contributed by atoms with Crippen LogP contribution in [0.5, 0.6) is 0 Å². The van der Waals surface area contributed by atoms with Crippen molar-refractivity contribution in [3.8, 4) is 0 Å². The first-order chi connectivity index (χ1) is 8.15. The van der Waals surface area contributed by atoms with Crippen molar-refractivity contribution in [3.63, 3.8) is 0 Å². The molecule has 3 nitrogen and oxygen atoms in total. The lowest BCUT2D eigenvalue weighted by atomic mass is 10.1. The number of nitrogens with zero attached hydrogens (tertiary/aromatic N) is 1. The highest BCUT2D eigenvalue weighted by Gasteiger charge is 2.12. The molecule has 0 spiro atoms. The maximum absolute atomic E-state index is 12.3. The van der Waals surface area contributed by atoms with Gasteiger partial charge in [-0.1, -0.05) is 18.2 Å². The van der Waals surface area contributed by atoms with E-state index in [1.165, 1.54) is 0 Å². The summed E-state index contributed by atoms with van der Waals surface area (Å²) >= 11 is 1.71. The summed E-state index contributed by atoms with van der Waals surface area (Å²) in [6.45, 7) is 2.02. The first-order valence-electron chi connectivity index (χ1n) is 5.54. The largest absolute Gasteiger partial charge is 0.385 e. The molecule has 2 N–H and O–H groups in total. The van der Waals surface area contributed by atoms with E-state index in [2.05, 4.69) is 0 Å². The predicted molar refractivity (Wildman–Crippen MR) is 75.7 cm³/mol. The SMILES string of the molecule is CSCC(C)n1c(N)cc2ccccc2c1=O. The lowest BCUT2D eigenvalue weighted by molar-refractivity contribution is 0.601. The summed E-state index contributed by atoms with van der Waals surface area (Å²) < 4.78 is 1.68. The Bertz CT molecular complexity index is 591. The molecule has 0 aliphatic heterocycles. The van der Waals surface area contributed by atoms with Gasteiger partial charge in [0, 0.05) is 17.2 Å². The Labute approximate surface area is 105 Å². The Kier molecular flexibility index (Phi) is 3.43. The summed E-state index contributed by atoms with van der Waals surface area (Å²) in [7, 11) is 0. The van der Waals surface area contributed by atoms with E-state index in [4.69, 9.17) is 5.73 Å². The van der Waals surface area contributed by atoms with Gasteiger partial charge >= 0.3 is 0 Å². The smallest absolute Gasteiger partial charge is 0.260 e. The molecule has 2 aromatic rings. The highest BCUT2D eigenvalue weighted by molar-refractivity contribution is 7.98. The van der Waals surface area contributed by atoms with Gasteiger partial charge in [-0.2, -0.15) is 11.8 Å². The molecule has 0 aliphatic carbocycles. The molecule has 90 valence electrons. The minimum Gasteiger partial charge on any atom is -0.385 e. The summed E-state index contributed by atoms with van der Waals surface area (Å²) in [5.74, 6) is 1.41. The Morgan fingerprint density at radius 3 is 2.82 bits per heavy atom. The third-order valence-corrected chi connectivity index (χ3v) is 3.66. The quantitative estimate of drug-likeness (QED) is 0.908. The lowest BCUT2D eigenvalue weighted by Gasteiger charge is -2.17. The molecule has 0 aliphatic rings. The molecule has 0 bridgehead atoms. The van der Waals surface area contributed by atoms with E-state index < -0.39 is 0 Å². The number of anilines is 1. The zero-order valence-electron chi connectivity index (χ0n) is 10.0. The minimum absolute atomic E-state index is 0.00199. The number of fused-ring (bicyclic) bond motifs is 1. The third kappa shape index (κ3) is 2.17. The average Bonchev–Trinajstić information content (AvgIpc) is 2.29. The highest BCUT2D eigenvalue weighted by atomic mass is 32.2. The topological polar surface area (TPSA) is 48.0 Å². The van der Waals surface area contributed by atoms with Crippen LogP contribution in [0.2, 0.25) is 0 Å². The van der Waals surface area contributed by atoms with Gasteiger partial charge in [-0.25, -0.2) is 0 Å². The van der Waals surface area contributed by atoms with Gasteiger partial charge in [-0.3, -0.25) is 9.36 Å². The number of nitrogen functional groups attached to an aromatic ring is 1. The number of pyridine rings is 1. The summed E-state index contributed by atoms with van der Waals surface area (Å²) in [5.41, 5.74) is 5.97. The molecule has 1 aromatic carbocycles. The van der Waals surface area contributed by atoms with Gasteiger partial charge in [0.15, 0.2) is 0 Å². The fourth-order valence-electron chi connectivity index (χ4n) is 2.06. The summed E-state index contributed by atoms with van der Waals surface area (Å²) in [6.07, 6.45) is 2.03. The van der Waals surface area contributed by atoms with Crippen molar-refractivity contribution in [3.05, 3.63) is 40.7 Å². The molecule has 1 unspecified atom stereocenters. The second-order valence-corrected chi connectivity index (χ2v) is 5.05. The van der Waals surface area contributed by atoms with Gasteiger partial charge in [-0.05, 0) is 30.7 Å². The van der Waals surface area contributed by atoms with E-state index in [1.807, 2.05) is 43.5 Å². The molecule has 17 heavy (non-hydrogen) atoms. The zero-order chi connectivity index (χ0) is 12.4. The number of aromatic nitrogens is 1. The van der Waals surface area contributed by atoms with Crippen LogP contribution in [0.4, 0.5) is 5.82 Å². The van der Waals surface area contributed by atoms with Gasteiger partial charge in [0.05, 0.1) is 0 Å². The molecule has 0 saturated heterocycles. The van der Waals surface area contributed by atoms with Crippen molar-refractivity contribution < 1.29 is 0 Å². The number of thioether (sulfide) groups is 1. The molecule has 2 rings (SSSR count). The highest BCUT2D eigenvalue weighted by Crippen LogP contribution is 2.18. The number of hydrogen-bond acceptors (Lipinski definition) is 3. The lowest BCUT2D eigenvalue weighted by Crippen LogP contribution is -2.27. The van der Waals surface area contributed by atoms with Crippen molar-refractivity contribution in [2.75, 3.05) is 17.7 Å². The Morgan fingerprint density at radius 2 is 2.12 bits per heavy atom. The molecule has 0 radical (unpaired) electrons. The van der Waals surface area contributed by atoms with Crippen LogP contribution in [0, 0.1) is 0 Å². The van der Waals surface area contributed by atoms with Crippen molar-refractivity contribution in [2.24, 2.45) is 0 Å². The summed E-state index contributed by atoms with van der Waals surface area (Å²) in [5, 5.41) is 1.64. The van der Waals surface area contributed by atoms with Crippen molar-refractivity contribution in [2.45, 2.75) is 13.0 Å². The normalized spacial score (nSPS) is 12.8. The van der Waals surface area contributed by atoms with Crippen LogP contribution in [0.15, 0.2) is 35.1 Å². The maximum atomic E-state index is 12.3. The van der Waals surface area contributed by atoms with Crippen molar-refractivity contribution >= 4 is 28.4 Å². The summed E-state index contributed by atoms with van der Waals surface area (Å²) in [4.78, 5) is 12.3. The molecule has 1 aromatic heterocycles. The van der Waals surface area contributed by atoms with Crippen LogP contribution >= 0.6 is 11.8 Å². The molecular weight excluding hydrogens is 232 g/mol. The van der Waals surface area contributed by atoms with E-state index in [1.54, 1.807) is 16.3 Å². The van der Waals surface area contributed by atoms with E-state index in [-0.39, 0.29) is 11.6 Å². The maximum Gasteiger partial charge on any atom is 0.260 e. The van der Waals surface area contributed by atoms with E-state index >= 15 is 0 Å². The minimum atomic E-state index is 0.00199. The van der Waals surface area contributed by atoms with Gasteiger partial charge in [0.2, 0.25) is 0 Å². The number of rotatable bonds is 3. The van der Waals surface area contributed by atoms with Crippen molar-refractivity contribution in [1.29, 1.82) is 0 Å². The van der Waals surface area contributed by atoms with Crippen LogP contribution in [0.1, 0.15) is 13.0 Å². The Morgan fingerprint density at radius 1 is 1.41 bits per heavy atom. The van der Waals surface area contributed by atoms with E-state index in [0.29, 0.717) is 5.82 Å². The average molecular weight is 248 g/mol. The molecular formula is C13H16N2OS. The molecule has 1 atom stereocenters. The Hall–Kier alpha value is -1.42. The Balaban J connectivity index is 2.68. The monoisotopic (exact) mass is 248 g/mol. The molecule has 0 fully saturated rings. The van der Waals surface area contributed by atoms with Crippen LogP contribution in [0.25, 0.3) is 10.8 Å². The molecule has 4 heteroatoms. The fraction of sp³-hybridized carbons (Fsp3) is 0.308. The van der Waals surface area contributed by atoms with Crippen LogP contribution in [0.3, 0.4) is 0 Å². The van der Waals surface area contributed by atoms with E-state index in [9.17, 15) is 4.79 Å². The first-order valence-corrected chi connectivity index (χ1v) is 6.93. The summed E-state index contributed by atoms with van der Waals surface area (Å²) in [6, 6.07) is 9.53. The number of benzene rings is 1. The second kappa shape index (κ2) is 4.84. The first kappa shape index (κ1) is 12.0.